The van der Waals surface area contributed by atoms with Gasteiger partial charge in [0.15, 0.2) is 23.2 Å². The molecule has 7 atom stereocenters. The average molecular weight is 812 g/mol. The number of phenolic OH excluding ortho intramolecular Hbond substituents is 1. The Morgan fingerprint density at radius 3 is 2.90 bits per heavy atom. The molecule has 0 aromatic heterocycles. The molecule has 13 nitrogen and oxygen atoms in total. The number of carbonyl (C=O) groups excluding carboxylic acids is 2. The summed E-state index contributed by atoms with van der Waals surface area (Å²) in [5.41, 5.74) is 3.56. The van der Waals surface area contributed by atoms with Crippen LogP contribution in [0.25, 0.3) is 16.8 Å². The molecule has 3 aliphatic carbocycles. The van der Waals surface area contributed by atoms with Gasteiger partial charge in [-0.15, -0.1) is 0 Å². The van der Waals surface area contributed by atoms with Crippen molar-refractivity contribution in [1.82, 2.24) is 4.90 Å². The van der Waals surface area contributed by atoms with Gasteiger partial charge in [0.25, 0.3) is 5.91 Å². The highest BCUT2D eigenvalue weighted by atomic mass is 16.7. The van der Waals surface area contributed by atoms with Crippen molar-refractivity contribution in [3.63, 3.8) is 0 Å². The molecule has 306 valence electrons. The third-order valence-corrected chi connectivity index (χ3v) is 12.9. The van der Waals surface area contributed by atoms with Crippen molar-refractivity contribution in [2.75, 3.05) is 33.5 Å². The maximum absolute atomic E-state index is 14.8. The number of aliphatic hydroxyl groups excluding tert-OH is 2. The van der Waals surface area contributed by atoms with Crippen molar-refractivity contribution in [3.05, 3.63) is 111 Å². The number of hydrogen-bond donors (Lipinski definition) is 4. The van der Waals surface area contributed by atoms with E-state index in [-0.39, 0.29) is 72.9 Å². The van der Waals surface area contributed by atoms with Crippen LogP contribution in [-0.4, -0.2) is 107 Å². The molecule has 1 saturated carbocycles. The van der Waals surface area contributed by atoms with Crippen LogP contribution in [0.5, 0.6) is 17.2 Å². The minimum atomic E-state index is -2.43. The Balaban J connectivity index is 1.11. The van der Waals surface area contributed by atoms with Crippen molar-refractivity contribution in [2.24, 2.45) is 10.9 Å². The zero-order valence-electron chi connectivity index (χ0n) is 32.8. The zero-order valence-corrected chi connectivity index (χ0v) is 32.8. The monoisotopic (exact) mass is 811 g/mol. The number of ether oxygens (including phenoxy) is 5. The zero-order chi connectivity index (χ0) is 41.3. The lowest BCUT2D eigenvalue weighted by atomic mass is 9.76. The van der Waals surface area contributed by atoms with E-state index in [4.69, 9.17) is 23.7 Å². The number of aliphatic hydroxyl groups is 3. The van der Waals surface area contributed by atoms with E-state index in [1.54, 1.807) is 24.4 Å². The van der Waals surface area contributed by atoms with Gasteiger partial charge in [0.1, 0.15) is 47.7 Å². The molecule has 7 aliphatic rings. The van der Waals surface area contributed by atoms with E-state index in [1.807, 2.05) is 36.8 Å². The Morgan fingerprint density at radius 1 is 1.17 bits per heavy atom. The SMILES string of the molecule is COc1cc2c3c(O)c(c4c(c3c1)C=C[C@H]1CCC[C@H]41)C(=O)CN1Cc3c(cccc3C1=O)CC#CO[C@H]1[C@H](O)[C@@H](COCC3=C4[CH+]C=CC=C4N=C3)O[C@H](O2)[C@@]1(O)CO. The molecule has 2 fully saturated rings. The summed E-state index contributed by atoms with van der Waals surface area (Å²) in [7, 11) is 1.48. The van der Waals surface area contributed by atoms with E-state index >= 15 is 0 Å². The molecule has 4 heterocycles. The van der Waals surface area contributed by atoms with Gasteiger partial charge in [0, 0.05) is 54.6 Å². The van der Waals surface area contributed by atoms with Crippen LogP contribution in [0.1, 0.15) is 68.2 Å². The predicted molar refractivity (Wildman–Crippen MR) is 218 cm³/mol. The van der Waals surface area contributed by atoms with Crippen molar-refractivity contribution in [3.8, 4) is 29.3 Å². The summed E-state index contributed by atoms with van der Waals surface area (Å²) in [5.74, 6) is 2.28. The smallest absolute Gasteiger partial charge is 0.254 e. The van der Waals surface area contributed by atoms with Crippen molar-refractivity contribution in [1.29, 1.82) is 0 Å². The lowest BCUT2D eigenvalue weighted by molar-refractivity contribution is -0.327. The number of methoxy groups -OCH3 is 1. The van der Waals surface area contributed by atoms with E-state index < -0.39 is 42.6 Å². The molecule has 0 unspecified atom stereocenters. The third kappa shape index (κ3) is 6.13. The number of nitrogens with zero attached hydrogens (tertiary/aromatic N) is 2. The molecule has 10 rings (SSSR count). The molecular formula is C47H43N2O11+. The van der Waals surface area contributed by atoms with Gasteiger partial charge < -0.3 is 49.0 Å². The number of carbonyl (C=O) groups is 2. The van der Waals surface area contributed by atoms with Crippen molar-refractivity contribution in [2.45, 2.75) is 68.3 Å². The average Bonchev–Trinajstić information content (AvgIpc) is 3.99. The van der Waals surface area contributed by atoms with E-state index in [9.17, 15) is 30.0 Å². The summed E-state index contributed by atoms with van der Waals surface area (Å²) in [4.78, 5) is 34.5. The number of phenols is 1. The standard InChI is InChI=1S/C47H42N2O11/c1-56-28-17-33-31-15-14-26-8-4-11-30(26)39(31)41-36(51)21-49-20-34-25(7-5-12-32(34)45(49)54)9-6-16-58-44-42(52)38(23-57-22-27-19-48-35-13-3-2-10-29(27)35)60-46(47(44,55)24-50)59-37(18-28)40(33)43(41)53/h2-3,5,7,10,12-15,17-19,26,30,38,42,44,46,50,52,55H,4,8-9,11,20-24H2,1H3/p+1/t26-,30+,38-,42-,44+,46+,47-/m1/s1. The molecule has 0 spiro atoms. The first-order valence-electron chi connectivity index (χ1n) is 20.2. The highest BCUT2D eigenvalue weighted by Gasteiger charge is 2.59. The minimum Gasteiger partial charge on any atom is -0.506 e. The highest BCUT2D eigenvalue weighted by Crippen LogP contribution is 2.53. The molecule has 4 aliphatic heterocycles. The van der Waals surface area contributed by atoms with Crippen LogP contribution < -0.4 is 9.47 Å². The van der Waals surface area contributed by atoms with Gasteiger partial charge in [-0.2, -0.15) is 4.99 Å². The molecule has 3 aromatic rings. The highest BCUT2D eigenvalue weighted by molar-refractivity contribution is 6.13. The van der Waals surface area contributed by atoms with Gasteiger partial charge in [0.2, 0.25) is 6.29 Å². The number of fused-ring (bicyclic) bond motifs is 10. The third-order valence-electron chi connectivity index (χ3n) is 12.9. The molecule has 1 saturated heterocycles. The van der Waals surface area contributed by atoms with Gasteiger partial charge >= 0.3 is 0 Å². The number of Topliss-reactive ketones (excluding diaryl/α,β-unsaturated/α-hetero) is 1. The number of rotatable bonds is 6. The number of aliphatic imine (C=N–C) groups is 1. The first-order chi connectivity index (χ1) is 29.2. The van der Waals surface area contributed by atoms with E-state index in [0.717, 1.165) is 47.2 Å². The fourth-order valence-corrected chi connectivity index (χ4v) is 9.85. The van der Waals surface area contributed by atoms with Crippen LogP contribution in [0, 0.1) is 24.4 Å². The second-order valence-corrected chi connectivity index (χ2v) is 16.3. The van der Waals surface area contributed by atoms with E-state index in [1.165, 1.54) is 18.1 Å². The maximum Gasteiger partial charge on any atom is 0.254 e. The number of allylic oxidation sites excluding steroid dienone is 5. The van der Waals surface area contributed by atoms with Gasteiger partial charge in [-0.3, -0.25) is 9.59 Å². The summed E-state index contributed by atoms with van der Waals surface area (Å²) in [6.07, 6.45) is 12.8. The molecule has 4 N–H and O–H groups in total. The fourth-order valence-electron chi connectivity index (χ4n) is 9.85. The second-order valence-electron chi connectivity index (χ2n) is 16.3. The number of ketones is 1. The molecular weight excluding hydrogens is 769 g/mol. The Kier molecular flexibility index (Phi) is 9.58. The summed E-state index contributed by atoms with van der Waals surface area (Å²) >= 11 is 0. The van der Waals surface area contributed by atoms with E-state index in [0.29, 0.717) is 27.8 Å². The molecule has 0 radical (unpaired) electrons. The first kappa shape index (κ1) is 38.3. The number of hydrogen-bond acceptors (Lipinski definition) is 12. The maximum atomic E-state index is 14.8. The fraction of sp³-hybridized carbons (Fsp3) is 0.362. The molecule has 6 bridgehead atoms. The van der Waals surface area contributed by atoms with Gasteiger partial charge in [-0.05, 0) is 59.1 Å². The lowest BCUT2D eigenvalue weighted by Gasteiger charge is -2.47. The Morgan fingerprint density at radius 2 is 2.05 bits per heavy atom. The lowest BCUT2D eigenvalue weighted by Crippen LogP contribution is -2.70. The molecule has 3 aromatic carbocycles. The molecule has 1 amide bonds. The van der Waals surface area contributed by atoms with Gasteiger partial charge in [-0.1, -0.05) is 36.6 Å². The van der Waals surface area contributed by atoms with Crippen LogP contribution in [-0.2, 0) is 27.2 Å². The van der Waals surface area contributed by atoms with Crippen LogP contribution in [0.15, 0.2) is 76.5 Å². The van der Waals surface area contributed by atoms with Crippen LogP contribution in [0.4, 0.5) is 0 Å². The second kappa shape index (κ2) is 15.0. The Bertz CT molecular complexity index is 2560. The number of aromatic hydroxyl groups is 1. The Hall–Kier alpha value is -5.88. The topological polar surface area (TPSA) is 177 Å². The molecule has 13 heteroatoms. The largest absolute Gasteiger partial charge is 0.506 e. The molecule has 60 heavy (non-hydrogen) atoms. The number of benzene rings is 3. The van der Waals surface area contributed by atoms with E-state index in [2.05, 4.69) is 23.1 Å². The summed E-state index contributed by atoms with van der Waals surface area (Å²) in [6, 6.07) is 8.57. The summed E-state index contributed by atoms with van der Waals surface area (Å²) in [6.45, 7) is -1.19. The van der Waals surface area contributed by atoms with Crippen LogP contribution in [0.3, 0.4) is 0 Å². The summed E-state index contributed by atoms with van der Waals surface area (Å²) < 4.78 is 30.6. The van der Waals surface area contributed by atoms with Crippen LogP contribution >= 0.6 is 0 Å². The predicted octanol–water partition coefficient (Wildman–Crippen LogP) is 4.45. The minimum absolute atomic E-state index is 0.0387. The van der Waals surface area contributed by atoms with Crippen molar-refractivity contribution >= 4 is 34.8 Å². The van der Waals surface area contributed by atoms with Gasteiger partial charge in [0.05, 0.1) is 49.6 Å². The van der Waals surface area contributed by atoms with Crippen LogP contribution in [0.2, 0.25) is 0 Å². The number of amides is 1. The van der Waals surface area contributed by atoms with Gasteiger partial charge in [-0.25, -0.2) is 0 Å². The van der Waals surface area contributed by atoms with Crippen molar-refractivity contribution < 1.29 is 53.7 Å². The first-order valence-corrected chi connectivity index (χ1v) is 20.2. The normalized spacial score (nSPS) is 28.5. The quantitative estimate of drug-likeness (QED) is 0.205. The Labute approximate surface area is 345 Å². The summed E-state index contributed by atoms with van der Waals surface area (Å²) in [5, 5.41) is 48.2.